The first kappa shape index (κ1) is 25.1. The largest absolute Gasteiger partial charge is 0.369 e. The van der Waals surface area contributed by atoms with Crippen LogP contribution in [0.2, 0.25) is 0 Å². The van der Waals surface area contributed by atoms with Crippen molar-refractivity contribution >= 4 is 16.6 Å². The summed E-state index contributed by atoms with van der Waals surface area (Å²) < 4.78 is 1.86. The van der Waals surface area contributed by atoms with Crippen molar-refractivity contribution in [1.82, 2.24) is 30.1 Å². The Morgan fingerprint density at radius 2 is 1.59 bits per heavy atom. The number of nitrogens with one attached hydrogen (secondary N) is 1. The molecule has 1 aliphatic rings. The standard InChI is InChI=1S/C29H37N7O/c1-18-8-9-19(2)25(14-18)34-10-12-35(13-11-34)26(27-31-32-33-36(27)29(5,6)7)23-17-22-15-20(3)21(4)16-24(22)30-28(23)37/h8-9,14-17,26H,10-13H2,1-7H3,(H,30,37)/t26-/m1/s1. The lowest BCUT2D eigenvalue weighted by atomic mass is 9.99. The number of aryl methyl sites for hydroxylation is 4. The number of aromatic amines is 1. The predicted octanol–water partition coefficient (Wildman–Crippen LogP) is 4.41. The molecule has 1 fully saturated rings. The highest BCUT2D eigenvalue weighted by molar-refractivity contribution is 5.81. The van der Waals surface area contributed by atoms with Crippen LogP contribution in [0, 0.1) is 27.7 Å². The number of piperazine rings is 1. The maximum absolute atomic E-state index is 13.6. The van der Waals surface area contributed by atoms with E-state index < -0.39 is 0 Å². The average molecular weight is 500 g/mol. The molecule has 0 spiro atoms. The van der Waals surface area contributed by atoms with Crippen molar-refractivity contribution < 1.29 is 0 Å². The molecule has 194 valence electrons. The van der Waals surface area contributed by atoms with E-state index in [2.05, 4.69) is 103 Å². The fraction of sp³-hybridized carbons (Fsp3) is 0.448. The number of H-pyrrole nitrogens is 1. The number of hydrogen-bond acceptors (Lipinski definition) is 6. The van der Waals surface area contributed by atoms with Crippen molar-refractivity contribution in [3.63, 3.8) is 0 Å². The van der Waals surface area contributed by atoms with Gasteiger partial charge in [-0.25, -0.2) is 4.68 Å². The van der Waals surface area contributed by atoms with E-state index in [0.29, 0.717) is 11.4 Å². The summed E-state index contributed by atoms with van der Waals surface area (Å²) in [5.41, 5.74) is 7.29. The fourth-order valence-corrected chi connectivity index (χ4v) is 5.32. The van der Waals surface area contributed by atoms with E-state index in [4.69, 9.17) is 0 Å². The molecule has 1 saturated heterocycles. The summed E-state index contributed by atoms with van der Waals surface area (Å²) in [6, 6.07) is 12.5. The highest BCUT2D eigenvalue weighted by Gasteiger charge is 2.35. The van der Waals surface area contributed by atoms with Crippen LogP contribution >= 0.6 is 0 Å². The molecule has 37 heavy (non-hydrogen) atoms. The molecule has 1 aliphatic heterocycles. The molecule has 0 radical (unpaired) electrons. The molecule has 3 heterocycles. The van der Waals surface area contributed by atoms with E-state index >= 15 is 0 Å². The SMILES string of the molecule is Cc1ccc(C)c(N2CCN([C@H](c3cc4cc(C)c(C)cc4[nH]c3=O)c3nnnn3C(C)(C)C)CC2)c1. The summed E-state index contributed by atoms with van der Waals surface area (Å²) in [5.74, 6) is 0.696. The number of pyridine rings is 1. The van der Waals surface area contributed by atoms with Crippen molar-refractivity contribution in [1.29, 1.82) is 0 Å². The molecule has 1 atom stereocenters. The average Bonchev–Trinajstić information content (AvgIpc) is 3.33. The van der Waals surface area contributed by atoms with Crippen molar-refractivity contribution in [2.24, 2.45) is 0 Å². The zero-order valence-corrected chi connectivity index (χ0v) is 23.0. The third-order valence-electron chi connectivity index (χ3n) is 7.54. The maximum atomic E-state index is 13.6. The molecule has 2 aromatic carbocycles. The van der Waals surface area contributed by atoms with Gasteiger partial charge in [0.2, 0.25) is 0 Å². The van der Waals surface area contributed by atoms with E-state index in [0.717, 1.165) is 42.6 Å². The van der Waals surface area contributed by atoms with E-state index in [1.54, 1.807) is 0 Å². The first-order chi connectivity index (χ1) is 17.5. The molecule has 0 aliphatic carbocycles. The van der Waals surface area contributed by atoms with E-state index in [1.807, 2.05) is 16.8 Å². The van der Waals surface area contributed by atoms with Crippen LogP contribution in [-0.2, 0) is 5.54 Å². The molecule has 0 amide bonds. The van der Waals surface area contributed by atoms with Gasteiger partial charge < -0.3 is 9.88 Å². The number of aromatic nitrogens is 5. The van der Waals surface area contributed by atoms with E-state index in [-0.39, 0.29) is 17.1 Å². The van der Waals surface area contributed by atoms with Gasteiger partial charge in [-0.2, -0.15) is 0 Å². The summed E-state index contributed by atoms with van der Waals surface area (Å²) in [7, 11) is 0. The fourth-order valence-electron chi connectivity index (χ4n) is 5.32. The highest BCUT2D eigenvalue weighted by Crippen LogP contribution is 2.32. The quantitative estimate of drug-likeness (QED) is 0.448. The summed E-state index contributed by atoms with van der Waals surface area (Å²) in [6.45, 7) is 18.0. The second-order valence-corrected chi connectivity index (χ2v) is 11.4. The normalized spacial score (nSPS) is 15.9. The van der Waals surface area contributed by atoms with Crippen LogP contribution in [0.25, 0.3) is 10.9 Å². The van der Waals surface area contributed by atoms with Gasteiger partial charge in [0.05, 0.1) is 5.54 Å². The van der Waals surface area contributed by atoms with E-state index in [9.17, 15) is 4.79 Å². The molecule has 0 bridgehead atoms. The first-order valence-electron chi connectivity index (χ1n) is 13.0. The molecule has 1 N–H and O–H groups in total. The number of benzene rings is 2. The second-order valence-electron chi connectivity index (χ2n) is 11.4. The minimum absolute atomic E-state index is 0.0961. The summed E-state index contributed by atoms with van der Waals surface area (Å²) in [4.78, 5) is 21.5. The third kappa shape index (κ3) is 4.78. The van der Waals surface area contributed by atoms with Crippen molar-refractivity contribution in [3.05, 3.63) is 80.4 Å². The number of hydrogen-bond donors (Lipinski definition) is 1. The lowest BCUT2D eigenvalue weighted by Crippen LogP contribution is -2.49. The zero-order chi connectivity index (χ0) is 26.5. The molecule has 8 heteroatoms. The van der Waals surface area contributed by atoms with Crippen LogP contribution in [-0.4, -0.2) is 56.3 Å². The summed E-state index contributed by atoms with van der Waals surface area (Å²) >= 11 is 0. The Balaban J connectivity index is 1.57. The third-order valence-corrected chi connectivity index (χ3v) is 7.54. The van der Waals surface area contributed by atoms with Gasteiger partial charge in [-0.05, 0) is 111 Å². The van der Waals surface area contributed by atoms with Crippen molar-refractivity contribution in [3.8, 4) is 0 Å². The Morgan fingerprint density at radius 1 is 0.892 bits per heavy atom. The Morgan fingerprint density at radius 3 is 2.30 bits per heavy atom. The van der Waals surface area contributed by atoms with Crippen LogP contribution in [0.15, 0.2) is 41.2 Å². The topological polar surface area (TPSA) is 82.9 Å². The second kappa shape index (κ2) is 9.41. The lowest BCUT2D eigenvalue weighted by Gasteiger charge is -2.40. The summed E-state index contributed by atoms with van der Waals surface area (Å²) in [6.07, 6.45) is 0. The highest BCUT2D eigenvalue weighted by atomic mass is 16.1. The van der Waals surface area contributed by atoms with Gasteiger partial charge in [0.25, 0.3) is 5.56 Å². The van der Waals surface area contributed by atoms with E-state index in [1.165, 1.54) is 22.4 Å². The minimum Gasteiger partial charge on any atom is -0.369 e. The number of rotatable bonds is 4. The van der Waals surface area contributed by atoms with Crippen LogP contribution in [0.5, 0.6) is 0 Å². The Kier molecular flexibility index (Phi) is 6.40. The number of anilines is 1. The Hall–Kier alpha value is -3.52. The predicted molar refractivity (Wildman–Crippen MR) is 148 cm³/mol. The number of tetrazole rings is 1. The number of nitrogens with zero attached hydrogens (tertiary/aromatic N) is 6. The van der Waals surface area contributed by atoms with Gasteiger partial charge >= 0.3 is 0 Å². The minimum atomic E-state index is -0.357. The molecule has 4 aromatic rings. The van der Waals surface area contributed by atoms with Crippen LogP contribution in [0.3, 0.4) is 0 Å². The monoisotopic (exact) mass is 499 g/mol. The lowest BCUT2D eigenvalue weighted by molar-refractivity contribution is 0.190. The molecule has 0 saturated carbocycles. The van der Waals surface area contributed by atoms with Crippen molar-refractivity contribution in [2.75, 3.05) is 31.1 Å². The zero-order valence-electron chi connectivity index (χ0n) is 23.0. The number of fused-ring (bicyclic) bond motifs is 1. The first-order valence-corrected chi connectivity index (χ1v) is 13.0. The van der Waals surface area contributed by atoms with Crippen LogP contribution in [0.4, 0.5) is 5.69 Å². The van der Waals surface area contributed by atoms with Gasteiger partial charge in [0, 0.05) is 42.9 Å². The molecule has 8 nitrogen and oxygen atoms in total. The van der Waals surface area contributed by atoms with Gasteiger partial charge in [-0.15, -0.1) is 5.10 Å². The molecule has 0 unspecified atom stereocenters. The van der Waals surface area contributed by atoms with Gasteiger partial charge in [0.15, 0.2) is 5.82 Å². The summed E-state index contributed by atoms with van der Waals surface area (Å²) in [5, 5.41) is 13.9. The van der Waals surface area contributed by atoms with Crippen molar-refractivity contribution in [2.45, 2.75) is 60.0 Å². The van der Waals surface area contributed by atoms with Gasteiger partial charge in [0.1, 0.15) is 6.04 Å². The Labute approximate surface area is 218 Å². The van der Waals surface area contributed by atoms with Gasteiger partial charge in [-0.1, -0.05) is 12.1 Å². The molecular weight excluding hydrogens is 462 g/mol. The maximum Gasteiger partial charge on any atom is 0.253 e. The van der Waals surface area contributed by atoms with Crippen LogP contribution < -0.4 is 10.5 Å². The smallest absolute Gasteiger partial charge is 0.253 e. The van der Waals surface area contributed by atoms with Crippen LogP contribution in [0.1, 0.15) is 60.5 Å². The molecule has 2 aromatic heterocycles. The Bertz CT molecular complexity index is 1500. The molecule has 5 rings (SSSR count). The molecular formula is C29H37N7O. The van der Waals surface area contributed by atoms with Gasteiger partial charge in [-0.3, -0.25) is 9.69 Å².